The van der Waals surface area contributed by atoms with E-state index >= 15 is 0 Å². The number of nitrogens with one attached hydrogen (secondary N) is 1. The molecule has 5 heteroatoms. The molecular formula is C11H9BrFN3. The molecule has 0 aliphatic carbocycles. The van der Waals surface area contributed by atoms with Crippen molar-refractivity contribution in [3.8, 4) is 0 Å². The first-order chi connectivity index (χ1) is 7.75. The fourth-order valence-electron chi connectivity index (χ4n) is 1.23. The van der Waals surface area contributed by atoms with Gasteiger partial charge in [0.25, 0.3) is 0 Å². The highest BCUT2D eigenvalue weighted by Gasteiger charge is 2.02. The van der Waals surface area contributed by atoms with Crippen LogP contribution in [0.2, 0.25) is 0 Å². The fourth-order valence-corrected chi connectivity index (χ4v) is 1.62. The SMILES string of the molecule is Fc1ccc(Br)c(NCc2ncccn2)c1. The molecule has 0 unspecified atom stereocenters. The minimum atomic E-state index is -0.278. The van der Waals surface area contributed by atoms with E-state index in [9.17, 15) is 4.39 Å². The monoisotopic (exact) mass is 281 g/mol. The number of nitrogens with zero attached hydrogens (tertiary/aromatic N) is 2. The molecule has 0 saturated heterocycles. The van der Waals surface area contributed by atoms with Gasteiger partial charge in [-0.1, -0.05) is 0 Å². The van der Waals surface area contributed by atoms with E-state index in [4.69, 9.17) is 0 Å². The molecule has 0 radical (unpaired) electrons. The topological polar surface area (TPSA) is 37.8 Å². The second-order valence-corrected chi connectivity index (χ2v) is 4.00. The van der Waals surface area contributed by atoms with Crippen molar-refractivity contribution in [3.63, 3.8) is 0 Å². The standard InChI is InChI=1S/C11H9BrFN3/c12-9-3-2-8(13)6-10(9)16-7-11-14-4-1-5-15-11/h1-6,16H,7H2. The molecule has 1 N–H and O–H groups in total. The van der Waals surface area contributed by atoms with E-state index in [-0.39, 0.29) is 5.82 Å². The maximum absolute atomic E-state index is 13.0. The maximum atomic E-state index is 13.0. The average Bonchev–Trinajstić information content (AvgIpc) is 2.32. The molecule has 2 rings (SSSR count). The van der Waals surface area contributed by atoms with Gasteiger partial charge >= 0.3 is 0 Å². The van der Waals surface area contributed by atoms with Gasteiger partial charge in [-0.3, -0.25) is 0 Å². The summed E-state index contributed by atoms with van der Waals surface area (Å²) in [5, 5.41) is 3.06. The van der Waals surface area contributed by atoms with Gasteiger partial charge in [0.05, 0.1) is 12.2 Å². The van der Waals surface area contributed by atoms with Gasteiger partial charge in [0.2, 0.25) is 0 Å². The first-order valence-electron chi connectivity index (χ1n) is 4.70. The van der Waals surface area contributed by atoms with Crippen LogP contribution in [0.5, 0.6) is 0 Å². The Labute approximate surface area is 101 Å². The second-order valence-electron chi connectivity index (χ2n) is 3.14. The molecule has 2 aromatic rings. The molecule has 0 spiro atoms. The van der Waals surface area contributed by atoms with Crippen molar-refractivity contribution in [2.24, 2.45) is 0 Å². The zero-order chi connectivity index (χ0) is 11.4. The van der Waals surface area contributed by atoms with Crippen LogP contribution in [-0.2, 0) is 6.54 Å². The van der Waals surface area contributed by atoms with Gasteiger partial charge in [-0.05, 0) is 40.2 Å². The zero-order valence-corrected chi connectivity index (χ0v) is 9.91. The predicted molar refractivity (Wildman–Crippen MR) is 63.5 cm³/mol. The molecule has 3 nitrogen and oxygen atoms in total. The number of rotatable bonds is 3. The lowest BCUT2D eigenvalue weighted by molar-refractivity contribution is 0.628. The van der Waals surface area contributed by atoms with Crippen molar-refractivity contribution in [1.29, 1.82) is 0 Å². The van der Waals surface area contributed by atoms with E-state index < -0.39 is 0 Å². The number of anilines is 1. The van der Waals surface area contributed by atoms with Crippen LogP contribution in [0.3, 0.4) is 0 Å². The minimum absolute atomic E-state index is 0.278. The van der Waals surface area contributed by atoms with E-state index in [1.165, 1.54) is 12.1 Å². The molecule has 0 saturated carbocycles. The quantitative estimate of drug-likeness (QED) is 0.940. The van der Waals surface area contributed by atoms with E-state index in [2.05, 4.69) is 31.2 Å². The third kappa shape index (κ3) is 2.76. The van der Waals surface area contributed by atoms with Gasteiger partial charge in [-0.15, -0.1) is 0 Å². The fraction of sp³-hybridized carbons (Fsp3) is 0.0909. The van der Waals surface area contributed by atoms with Crippen LogP contribution in [0.15, 0.2) is 41.1 Å². The smallest absolute Gasteiger partial charge is 0.147 e. The Morgan fingerprint density at radius 3 is 2.75 bits per heavy atom. The second kappa shape index (κ2) is 5.03. The van der Waals surface area contributed by atoms with Crippen LogP contribution in [-0.4, -0.2) is 9.97 Å². The summed E-state index contributed by atoms with van der Waals surface area (Å²) in [6, 6.07) is 6.23. The summed E-state index contributed by atoms with van der Waals surface area (Å²) in [7, 11) is 0. The summed E-state index contributed by atoms with van der Waals surface area (Å²) in [6.07, 6.45) is 3.34. The van der Waals surface area contributed by atoms with E-state index in [0.717, 1.165) is 4.47 Å². The minimum Gasteiger partial charge on any atom is -0.377 e. The van der Waals surface area contributed by atoms with Crippen molar-refractivity contribution in [3.05, 3.63) is 52.8 Å². The lowest BCUT2D eigenvalue weighted by Gasteiger charge is -2.07. The van der Waals surface area contributed by atoms with Crippen molar-refractivity contribution in [2.45, 2.75) is 6.54 Å². The summed E-state index contributed by atoms with van der Waals surface area (Å²) in [6.45, 7) is 0.461. The zero-order valence-electron chi connectivity index (χ0n) is 8.32. The molecule has 0 aliphatic rings. The number of benzene rings is 1. The number of aromatic nitrogens is 2. The van der Waals surface area contributed by atoms with E-state index in [1.54, 1.807) is 24.5 Å². The first kappa shape index (κ1) is 11.0. The highest BCUT2D eigenvalue weighted by molar-refractivity contribution is 9.10. The Kier molecular flexibility index (Phi) is 3.46. The summed E-state index contributed by atoms with van der Waals surface area (Å²) in [5.74, 6) is 0.387. The average molecular weight is 282 g/mol. The summed E-state index contributed by atoms with van der Waals surface area (Å²) in [5.41, 5.74) is 0.687. The lowest BCUT2D eigenvalue weighted by atomic mass is 10.3. The molecule has 0 aliphatic heterocycles. The lowest BCUT2D eigenvalue weighted by Crippen LogP contribution is -2.04. The first-order valence-corrected chi connectivity index (χ1v) is 5.50. The Balaban J connectivity index is 2.08. The molecule has 1 aromatic carbocycles. The van der Waals surface area contributed by atoms with Crippen molar-refractivity contribution < 1.29 is 4.39 Å². The van der Waals surface area contributed by atoms with Crippen molar-refractivity contribution >= 4 is 21.6 Å². The Hall–Kier alpha value is -1.49. The predicted octanol–water partition coefficient (Wildman–Crippen LogP) is 2.99. The van der Waals surface area contributed by atoms with E-state index in [0.29, 0.717) is 18.1 Å². The van der Waals surface area contributed by atoms with Crippen molar-refractivity contribution in [2.75, 3.05) is 5.32 Å². The molecule has 0 fully saturated rings. The third-order valence-corrected chi connectivity index (χ3v) is 2.68. The molecule has 82 valence electrons. The molecule has 0 atom stereocenters. The van der Waals surface area contributed by atoms with Gasteiger partial charge < -0.3 is 5.32 Å². The number of halogens is 2. The van der Waals surface area contributed by atoms with Crippen LogP contribution in [0.4, 0.5) is 10.1 Å². The summed E-state index contributed by atoms with van der Waals surface area (Å²) in [4.78, 5) is 8.13. The summed E-state index contributed by atoms with van der Waals surface area (Å²) >= 11 is 3.33. The highest BCUT2D eigenvalue weighted by atomic mass is 79.9. The van der Waals surface area contributed by atoms with Crippen LogP contribution in [0.25, 0.3) is 0 Å². The molecular weight excluding hydrogens is 273 g/mol. The Bertz CT molecular complexity index is 476. The Morgan fingerprint density at radius 1 is 1.25 bits per heavy atom. The van der Waals surface area contributed by atoms with Gasteiger partial charge in [-0.2, -0.15) is 0 Å². The van der Waals surface area contributed by atoms with E-state index in [1.807, 2.05) is 0 Å². The van der Waals surface area contributed by atoms with Gasteiger partial charge in [-0.25, -0.2) is 14.4 Å². The Morgan fingerprint density at radius 2 is 2.00 bits per heavy atom. The number of hydrogen-bond acceptors (Lipinski definition) is 3. The summed E-state index contributed by atoms with van der Waals surface area (Å²) < 4.78 is 13.8. The van der Waals surface area contributed by atoms with Crippen LogP contribution in [0.1, 0.15) is 5.82 Å². The van der Waals surface area contributed by atoms with Gasteiger partial charge in [0, 0.05) is 16.9 Å². The van der Waals surface area contributed by atoms with Crippen LogP contribution < -0.4 is 5.32 Å². The number of hydrogen-bond donors (Lipinski definition) is 1. The van der Waals surface area contributed by atoms with Crippen molar-refractivity contribution in [1.82, 2.24) is 9.97 Å². The molecule has 0 amide bonds. The molecule has 16 heavy (non-hydrogen) atoms. The van der Waals surface area contributed by atoms with Crippen LogP contribution >= 0.6 is 15.9 Å². The molecule has 1 heterocycles. The molecule has 1 aromatic heterocycles. The largest absolute Gasteiger partial charge is 0.377 e. The van der Waals surface area contributed by atoms with Gasteiger partial charge in [0.1, 0.15) is 11.6 Å². The highest BCUT2D eigenvalue weighted by Crippen LogP contribution is 2.23. The normalized spacial score (nSPS) is 10.1. The molecule has 0 bridgehead atoms. The van der Waals surface area contributed by atoms with Gasteiger partial charge in [0.15, 0.2) is 0 Å². The maximum Gasteiger partial charge on any atom is 0.147 e. The van der Waals surface area contributed by atoms with Crippen LogP contribution in [0, 0.1) is 5.82 Å². The third-order valence-electron chi connectivity index (χ3n) is 1.98.